The number of nitrogens with zero attached hydrogens (tertiary/aromatic N) is 1. The fourth-order valence-corrected chi connectivity index (χ4v) is 4.69. The summed E-state index contributed by atoms with van der Waals surface area (Å²) < 4.78 is 16.4. The fraction of sp³-hybridized carbons (Fsp3) is 0.357. The van der Waals surface area contributed by atoms with E-state index in [4.69, 9.17) is 13.9 Å². The fourth-order valence-electron chi connectivity index (χ4n) is 4.69. The number of hydrogen-bond donors (Lipinski definition) is 1. The van der Waals surface area contributed by atoms with Crippen molar-refractivity contribution in [3.8, 4) is 11.5 Å². The highest BCUT2D eigenvalue weighted by molar-refractivity contribution is 6.09. The van der Waals surface area contributed by atoms with Gasteiger partial charge in [-0.15, -0.1) is 0 Å². The molecule has 0 aliphatic heterocycles. The number of nitrogens with one attached hydrogen (secondary N) is 1. The quantitative estimate of drug-likeness (QED) is 0.468. The van der Waals surface area contributed by atoms with Gasteiger partial charge in [-0.2, -0.15) is 0 Å². The van der Waals surface area contributed by atoms with Gasteiger partial charge in [-0.05, 0) is 61.2 Å². The summed E-state index contributed by atoms with van der Waals surface area (Å²) in [5.41, 5.74) is 2.11. The molecule has 4 rings (SSSR count). The summed E-state index contributed by atoms with van der Waals surface area (Å²) in [5, 5.41) is 3.22. The minimum Gasteiger partial charge on any atom is -0.493 e. The Morgan fingerprint density at radius 1 is 0.971 bits per heavy atom. The lowest BCUT2D eigenvalue weighted by Gasteiger charge is -2.34. The molecule has 0 radical (unpaired) electrons. The number of hydrogen-bond acceptors (Lipinski definition) is 5. The highest BCUT2D eigenvalue weighted by atomic mass is 16.5. The summed E-state index contributed by atoms with van der Waals surface area (Å²) in [6.45, 7) is 1.92. The molecule has 2 aromatic carbocycles. The van der Waals surface area contributed by atoms with Crippen molar-refractivity contribution in [2.24, 2.45) is 0 Å². The summed E-state index contributed by atoms with van der Waals surface area (Å²) in [5.74, 6) is 0.539. The van der Waals surface area contributed by atoms with Crippen LogP contribution in [0, 0.1) is 6.92 Å². The van der Waals surface area contributed by atoms with E-state index in [1.54, 1.807) is 44.6 Å². The summed E-state index contributed by atoms with van der Waals surface area (Å²) in [6, 6.07) is 15.2. The molecule has 0 spiro atoms. The molecule has 0 bridgehead atoms. The summed E-state index contributed by atoms with van der Waals surface area (Å²) >= 11 is 0. The second kappa shape index (κ2) is 11.1. The van der Waals surface area contributed by atoms with Crippen LogP contribution in [0.15, 0.2) is 65.3 Å². The number of ether oxygens (including phenoxy) is 2. The van der Waals surface area contributed by atoms with Crippen LogP contribution in [0.25, 0.3) is 0 Å². The normalized spacial score (nSPS) is 14.7. The number of carbonyl (C=O) groups excluding carboxylic acids is 2. The van der Waals surface area contributed by atoms with E-state index in [1.165, 1.54) is 17.6 Å². The number of furan rings is 1. The number of benzene rings is 2. The van der Waals surface area contributed by atoms with E-state index in [-0.39, 0.29) is 17.7 Å². The van der Waals surface area contributed by atoms with Gasteiger partial charge in [0.2, 0.25) is 5.91 Å². The van der Waals surface area contributed by atoms with Crippen molar-refractivity contribution in [2.45, 2.75) is 51.1 Å². The van der Waals surface area contributed by atoms with E-state index in [2.05, 4.69) is 5.32 Å². The summed E-state index contributed by atoms with van der Waals surface area (Å²) in [4.78, 5) is 29.3. The summed E-state index contributed by atoms with van der Waals surface area (Å²) in [7, 11) is 3.11. The molecule has 3 aromatic rings. The van der Waals surface area contributed by atoms with Crippen molar-refractivity contribution in [3.05, 3.63) is 77.7 Å². The first-order valence-corrected chi connectivity index (χ1v) is 12.0. The molecule has 35 heavy (non-hydrogen) atoms. The van der Waals surface area contributed by atoms with Gasteiger partial charge in [0, 0.05) is 11.7 Å². The Kier molecular flexibility index (Phi) is 7.75. The van der Waals surface area contributed by atoms with Crippen LogP contribution in [0.2, 0.25) is 0 Å². The first-order chi connectivity index (χ1) is 17.0. The predicted octanol–water partition coefficient (Wildman–Crippen LogP) is 5.44. The van der Waals surface area contributed by atoms with E-state index in [1.807, 2.05) is 31.2 Å². The SMILES string of the molecule is COc1ccc(C(C(=O)NC2CCCCC2)N(C(=O)c2ccco2)c2ccccc2C)cc1OC. The van der Waals surface area contributed by atoms with Gasteiger partial charge >= 0.3 is 0 Å². The largest absolute Gasteiger partial charge is 0.493 e. The lowest BCUT2D eigenvalue weighted by atomic mass is 9.94. The van der Waals surface area contributed by atoms with Crippen LogP contribution in [0.4, 0.5) is 5.69 Å². The van der Waals surface area contributed by atoms with Gasteiger partial charge in [-0.1, -0.05) is 43.5 Å². The molecule has 1 N–H and O–H groups in total. The standard InChI is InChI=1S/C28H32N2O5/c1-19-10-7-8-13-22(19)30(28(32)24-14-9-17-35-24)26(27(31)29-21-11-5-4-6-12-21)20-15-16-23(33-2)25(18-20)34-3/h7-10,13-18,21,26H,4-6,11-12H2,1-3H3,(H,29,31). The predicted molar refractivity (Wildman–Crippen MR) is 134 cm³/mol. The molecule has 1 aromatic heterocycles. The number of para-hydroxylation sites is 1. The van der Waals surface area contributed by atoms with Crippen molar-refractivity contribution in [1.29, 1.82) is 0 Å². The molecule has 2 amide bonds. The van der Waals surface area contributed by atoms with Crippen LogP contribution >= 0.6 is 0 Å². The van der Waals surface area contributed by atoms with Gasteiger partial charge in [0.15, 0.2) is 17.3 Å². The van der Waals surface area contributed by atoms with Gasteiger partial charge in [0.25, 0.3) is 5.91 Å². The summed E-state index contributed by atoms with van der Waals surface area (Å²) in [6.07, 6.45) is 6.66. The molecule has 1 aliphatic carbocycles. The lowest BCUT2D eigenvalue weighted by molar-refractivity contribution is -0.123. The highest BCUT2D eigenvalue weighted by Crippen LogP contribution is 2.36. The van der Waals surface area contributed by atoms with Crippen LogP contribution < -0.4 is 19.7 Å². The Morgan fingerprint density at radius 2 is 1.71 bits per heavy atom. The third-order valence-corrected chi connectivity index (χ3v) is 6.51. The first-order valence-electron chi connectivity index (χ1n) is 12.0. The maximum absolute atomic E-state index is 14.0. The number of rotatable bonds is 8. The van der Waals surface area contributed by atoms with Gasteiger partial charge in [-0.25, -0.2) is 0 Å². The van der Waals surface area contributed by atoms with E-state index >= 15 is 0 Å². The molecule has 1 unspecified atom stereocenters. The Morgan fingerprint density at radius 3 is 2.37 bits per heavy atom. The molecule has 7 heteroatoms. The molecule has 1 saturated carbocycles. The van der Waals surface area contributed by atoms with Crippen LogP contribution in [0.1, 0.15) is 59.8 Å². The van der Waals surface area contributed by atoms with Crippen molar-refractivity contribution >= 4 is 17.5 Å². The number of methoxy groups -OCH3 is 2. The molecule has 7 nitrogen and oxygen atoms in total. The molecular formula is C28H32N2O5. The third-order valence-electron chi connectivity index (χ3n) is 6.51. The van der Waals surface area contributed by atoms with Gasteiger partial charge in [0.1, 0.15) is 6.04 Å². The average Bonchev–Trinajstić information content (AvgIpc) is 3.43. The van der Waals surface area contributed by atoms with E-state index in [0.29, 0.717) is 22.7 Å². The first kappa shape index (κ1) is 24.4. The van der Waals surface area contributed by atoms with E-state index in [0.717, 1.165) is 31.2 Å². The third kappa shape index (κ3) is 5.34. The monoisotopic (exact) mass is 476 g/mol. The molecule has 1 heterocycles. The smallest absolute Gasteiger partial charge is 0.294 e. The Balaban J connectivity index is 1.84. The number of amides is 2. The van der Waals surface area contributed by atoms with Crippen molar-refractivity contribution in [2.75, 3.05) is 19.1 Å². The second-order valence-corrected chi connectivity index (χ2v) is 8.80. The van der Waals surface area contributed by atoms with Crippen LogP contribution in [0.5, 0.6) is 11.5 Å². The Labute approximate surface area is 206 Å². The molecule has 1 atom stereocenters. The molecule has 1 aliphatic rings. The zero-order valence-corrected chi connectivity index (χ0v) is 20.5. The molecule has 1 fully saturated rings. The van der Waals surface area contributed by atoms with Crippen LogP contribution in [-0.2, 0) is 4.79 Å². The highest BCUT2D eigenvalue weighted by Gasteiger charge is 2.36. The van der Waals surface area contributed by atoms with Gasteiger partial charge in [0.05, 0.1) is 20.5 Å². The minimum absolute atomic E-state index is 0.0799. The van der Waals surface area contributed by atoms with Crippen LogP contribution in [0.3, 0.4) is 0 Å². The van der Waals surface area contributed by atoms with E-state index < -0.39 is 11.9 Å². The lowest BCUT2D eigenvalue weighted by Crippen LogP contribution is -2.47. The maximum Gasteiger partial charge on any atom is 0.294 e. The van der Waals surface area contributed by atoms with Crippen molar-refractivity contribution < 1.29 is 23.5 Å². The van der Waals surface area contributed by atoms with Crippen molar-refractivity contribution in [3.63, 3.8) is 0 Å². The maximum atomic E-state index is 14.0. The Bertz CT molecular complexity index is 1150. The molecule has 0 saturated heterocycles. The van der Waals surface area contributed by atoms with Crippen molar-refractivity contribution in [1.82, 2.24) is 5.32 Å². The number of aryl methyl sites for hydroxylation is 1. The topological polar surface area (TPSA) is 81.0 Å². The average molecular weight is 477 g/mol. The number of carbonyl (C=O) groups is 2. The number of anilines is 1. The van der Waals surface area contributed by atoms with Gasteiger partial charge < -0.3 is 19.2 Å². The molecule has 184 valence electrons. The zero-order valence-electron chi connectivity index (χ0n) is 20.5. The zero-order chi connectivity index (χ0) is 24.8. The second-order valence-electron chi connectivity index (χ2n) is 8.80. The minimum atomic E-state index is -0.949. The van der Waals surface area contributed by atoms with Gasteiger partial charge in [-0.3, -0.25) is 14.5 Å². The van der Waals surface area contributed by atoms with Crippen LogP contribution in [-0.4, -0.2) is 32.1 Å². The molecular weight excluding hydrogens is 444 g/mol. The Hall–Kier alpha value is -3.74. The van der Waals surface area contributed by atoms with E-state index in [9.17, 15) is 9.59 Å².